The van der Waals surface area contributed by atoms with E-state index in [1.165, 1.54) is 0 Å². The zero-order valence-electron chi connectivity index (χ0n) is 9.27. The van der Waals surface area contributed by atoms with Crippen LogP contribution in [0, 0.1) is 5.92 Å². The molecule has 1 fully saturated rings. The van der Waals surface area contributed by atoms with E-state index in [0.717, 1.165) is 12.1 Å². The van der Waals surface area contributed by atoms with Crippen molar-refractivity contribution in [3.63, 3.8) is 0 Å². The fraction of sp³-hybridized carbons (Fsp3) is 0.417. The molecule has 3 N–H and O–H groups in total. The van der Waals surface area contributed by atoms with Gasteiger partial charge < -0.3 is 15.8 Å². The molecule has 1 aliphatic rings. The first-order valence-corrected chi connectivity index (χ1v) is 5.45. The number of nitrogen functional groups attached to an aromatic ring is 1. The summed E-state index contributed by atoms with van der Waals surface area (Å²) in [7, 11) is 0. The first-order chi connectivity index (χ1) is 7.66. The van der Waals surface area contributed by atoms with Crippen LogP contribution in [0.1, 0.15) is 13.3 Å². The van der Waals surface area contributed by atoms with Crippen molar-refractivity contribution in [1.82, 2.24) is 0 Å². The summed E-state index contributed by atoms with van der Waals surface area (Å²) in [4.78, 5) is 11.9. The van der Waals surface area contributed by atoms with E-state index < -0.39 is 0 Å². The maximum Gasteiger partial charge on any atom is 0.230 e. The van der Waals surface area contributed by atoms with E-state index >= 15 is 0 Å². The predicted octanol–water partition coefficient (Wildman–Crippen LogP) is 1.63. The Balaban J connectivity index is 2.02. The SMILES string of the molecule is CC1OCCC1C(=O)Nc1cccc(N)c1. The number of benzene rings is 1. The van der Waals surface area contributed by atoms with Crippen LogP contribution in [0.5, 0.6) is 0 Å². The summed E-state index contributed by atoms with van der Waals surface area (Å²) >= 11 is 0. The first kappa shape index (κ1) is 11.0. The van der Waals surface area contributed by atoms with Crippen LogP contribution >= 0.6 is 0 Å². The van der Waals surface area contributed by atoms with E-state index in [9.17, 15) is 4.79 Å². The molecule has 16 heavy (non-hydrogen) atoms. The number of anilines is 2. The molecule has 2 atom stereocenters. The van der Waals surface area contributed by atoms with Gasteiger partial charge >= 0.3 is 0 Å². The van der Waals surface area contributed by atoms with E-state index in [4.69, 9.17) is 10.5 Å². The molecule has 0 radical (unpaired) electrons. The third-order valence-corrected chi connectivity index (χ3v) is 2.87. The molecule has 1 aromatic carbocycles. The van der Waals surface area contributed by atoms with Gasteiger partial charge in [0, 0.05) is 18.0 Å². The third kappa shape index (κ3) is 2.33. The Bertz CT molecular complexity index is 392. The number of rotatable bonds is 2. The zero-order chi connectivity index (χ0) is 11.5. The molecular formula is C12H16N2O2. The molecular weight excluding hydrogens is 204 g/mol. The van der Waals surface area contributed by atoms with Crippen LogP contribution in [0.3, 0.4) is 0 Å². The number of hydrogen-bond donors (Lipinski definition) is 2. The van der Waals surface area contributed by atoms with Crippen molar-refractivity contribution in [3.8, 4) is 0 Å². The largest absolute Gasteiger partial charge is 0.399 e. The van der Waals surface area contributed by atoms with Gasteiger partial charge in [0.25, 0.3) is 0 Å². The van der Waals surface area contributed by atoms with Gasteiger partial charge in [-0.15, -0.1) is 0 Å². The average molecular weight is 220 g/mol. The summed E-state index contributed by atoms with van der Waals surface area (Å²) in [5.74, 6) is -0.0444. The lowest BCUT2D eigenvalue weighted by Crippen LogP contribution is -2.27. The van der Waals surface area contributed by atoms with Gasteiger partial charge in [0.05, 0.1) is 12.0 Å². The molecule has 0 saturated carbocycles. The molecule has 0 bridgehead atoms. The van der Waals surface area contributed by atoms with Crippen LogP contribution in [0.15, 0.2) is 24.3 Å². The number of nitrogens with two attached hydrogens (primary N) is 1. The van der Waals surface area contributed by atoms with Crippen molar-refractivity contribution in [2.75, 3.05) is 17.7 Å². The van der Waals surface area contributed by atoms with Gasteiger partial charge in [-0.05, 0) is 31.5 Å². The lowest BCUT2D eigenvalue weighted by molar-refractivity contribution is -0.121. The Morgan fingerprint density at radius 1 is 1.56 bits per heavy atom. The summed E-state index contributed by atoms with van der Waals surface area (Å²) in [6, 6.07) is 7.18. The van der Waals surface area contributed by atoms with E-state index in [1.807, 2.05) is 19.1 Å². The Labute approximate surface area is 94.8 Å². The monoisotopic (exact) mass is 220 g/mol. The second kappa shape index (κ2) is 4.53. The number of carbonyl (C=O) groups excluding carboxylic acids is 1. The van der Waals surface area contributed by atoms with Gasteiger partial charge in [0.15, 0.2) is 0 Å². The number of hydrogen-bond acceptors (Lipinski definition) is 3. The van der Waals surface area contributed by atoms with Gasteiger partial charge in [0.1, 0.15) is 0 Å². The van der Waals surface area contributed by atoms with Crippen LogP contribution < -0.4 is 11.1 Å². The van der Waals surface area contributed by atoms with Crippen LogP contribution in [0.25, 0.3) is 0 Å². The van der Waals surface area contributed by atoms with E-state index in [-0.39, 0.29) is 17.9 Å². The molecule has 0 aliphatic carbocycles. The lowest BCUT2D eigenvalue weighted by atomic mass is 10.0. The number of nitrogens with one attached hydrogen (secondary N) is 1. The summed E-state index contributed by atoms with van der Waals surface area (Å²) < 4.78 is 5.36. The molecule has 2 unspecified atom stereocenters. The molecule has 4 heteroatoms. The molecule has 1 saturated heterocycles. The molecule has 2 rings (SSSR count). The van der Waals surface area contributed by atoms with E-state index in [0.29, 0.717) is 12.3 Å². The van der Waals surface area contributed by atoms with E-state index in [2.05, 4.69) is 5.32 Å². The summed E-state index contributed by atoms with van der Waals surface area (Å²) in [5, 5.41) is 2.86. The minimum absolute atomic E-state index is 0.000981. The summed E-state index contributed by atoms with van der Waals surface area (Å²) in [6.45, 7) is 2.59. The van der Waals surface area contributed by atoms with Crippen LogP contribution in [-0.4, -0.2) is 18.6 Å². The molecule has 1 aliphatic heterocycles. The zero-order valence-corrected chi connectivity index (χ0v) is 9.27. The highest BCUT2D eigenvalue weighted by Crippen LogP contribution is 2.22. The topological polar surface area (TPSA) is 64.3 Å². The molecule has 1 heterocycles. The molecule has 1 aromatic rings. The Kier molecular flexibility index (Phi) is 3.10. The normalized spacial score (nSPS) is 24.3. The fourth-order valence-corrected chi connectivity index (χ4v) is 1.93. The molecule has 4 nitrogen and oxygen atoms in total. The van der Waals surface area contributed by atoms with Crippen molar-refractivity contribution in [3.05, 3.63) is 24.3 Å². The lowest BCUT2D eigenvalue weighted by Gasteiger charge is -2.14. The summed E-state index contributed by atoms with van der Waals surface area (Å²) in [6.07, 6.45) is 0.788. The van der Waals surface area contributed by atoms with Gasteiger partial charge in [-0.1, -0.05) is 6.07 Å². The molecule has 0 spiro atoms. The second-order valence-corrected chi connectivity index (χ2v) is 4.09. The highest BCUT2D eigenvalue weighted by atomic mass is 16.5. The minimum Gasteiger partial charge on any atom is -0.399 e. The van der Waals surface area contributed by atoms with Gasteiger partial charge in [-0.25, -0.2) is 0 Å². The minimum atomic E-state index is -0.0542. The Morgan fingerprint density at radius 2 is 2.38 bits per heavy atom. The van der Waals surface area contributed by atoms with Crippen molar-refractivity contribution in [2.45, 2.75) is 19.4 Å². The summed E-state index contributed by atoms with van der Waals surface area (Å²) in [5.41, 5.74) is 7.03. The Hall–Kier alpha value is -1.55. The van der Waals surface area contributed by atoms with Crippen molar-refractivity contribution in [1.29, 1.82) is 0 Å². The van der Waals surface area contributed by atoms with Crippen LogP contribution in [-0.2, 0) is 9.53 Å². The average Bonchev–Trinajstić information content (AvgIpc) is 2.64. The Morgan fingerprint density at radius 3 is 3.00 bits per heavy atom. The number of ether oxygens (including phenoxy) is 1. The highest BCUT2D eigenvalue weighted by molar-refractivity contribution is 5.93. The molecule has 0 aromatic heterocycles. The van der Waals surface area contributed by atoms with Gasteiger partial charge in [0.2, 0.25) is 5.91 Å². The van der Waals surface area contributed by atoms with Gasteiger partial charge in [-0.2, -0.15) is 0 Å². The van der Waals surface area contributed by atoms with Gasteiger partial charge in [-0.3, -0.25) is 4.79 Å². The van der Waals surface area contributed by atoms with Crippen molar-refractivity contribution in [2.24, 2.45) is 5.92 Å². The molecule has 1 amide bonds. The van der Waals surface area contributed by atoms with Crippen LogP contribution in [0.2, 0.25) is 0 Å². The van der Waals surface area contributed by atoms with Crippen molar-refractivity contribution >= 4 is 17.3 Å². The highest BCUT2D eigenvalue weighted by Gasteiger charge is 2.30. The van der Waals surface area contributed by atoms with Crippen molar-refractivity contribution < 1.29 is 9.53 Å². The van der Waals surface area contributed by atoms with Crippen LogP contribution in [0.4, 0.5) is 11.4 Å². The number of carbonyl (C=O) groups is 1. The quantitative estimate of drug-likeness (QED) is 0.744. The maximum absolute atomic E-state index is 11.9. The maximum atomic E-state index is 11.9. The smallest absolute Gasteiger partial charge is 0.230 e. The second-order valence-electron chi connectivity index (χ2n) is 4.09. The predicted molar refractivity (Wildman–Crippen MR) is 63.0 cm³/mol. The van der Waals surface area contributed by atoms with E-state index in [1.54, 1.807) is 12.1 Å². The molecule has 86 valence electrons. The third-order valence-electron chi connectivity index (χ3n) is 2.87. The fourth-order valence-electron chi connectivity index (χ4n) is 1.93. The first-order valence-electron chi connectivity index (χ1n) is 5.45. The number of amides is 1. The standard InChI is InChI=1S/C12H16N2O2/c1-8-11(5-6-16-8)12(15)14-10-4-2-3-9(13)7-10/h2-4,7-8,11H,5-6,13H2,1H3,(H,14,15).